The lowest BCUT2D eigenvalue weighted by molar-refractivity contribution is -0.146. The van der Waals surface area contributed by atoms with Crippen molar-refractivity contribution in [3.8, 4) is 5.75 Å². The van der Waals surface area contributed by atoms with Crippen LogP contribution in [0.1, 0.15) is 48.8 Å². The van der Waals surface area contributed by atoms with Crippen LogP contribution in [0.5, 0.6) is 5.75 Å². The molecule has 1 unspecified atom stereocenters. The van der Waals surface area contributed by atoms with Crippen LogP contribution in [0.2, 0.25) is 0 Å². The number of ether oxygens (including phenoxy) is 1. The zero-order valence-electron chi connectivity index (χ0n) is 10.4. The summed E-state index contributed by atoms with van der Waals surface area (Å²) in [4.78, 5) is 10.8. The van der Waals surface area contributed by atoms with E-state index in [1.54, 1.807) is 25.3 Å². The van der Waals surface area contributed by atoms with E-state index in [-0.39, 0.29) is 0 Å². The first kappa shape index (κ1) is 12.9. The van der Waals surface area contributed by atoms with Crippen LogP contribution in [-0.4, -0.2) is 23.3 Å². The van der Waals surface area contributed by atoms with Crippen molar-refractivity contribution in [2.24, 2.45) is 0 Å². The van der Waals surface area contributed by atoms with Gasteiger partial charge in [-0.2, -0.15) is 0 Å². The minimum atomic E-state index is -1.46. The average Bonchev–Trinajstić information content (AvgIpc) is 2.90. The summed E-state index contributed by atoms with van der Waals surface area (Å²) in [5, 5.41) is 18.4. The second kappa shape index (κ2) is 5.40. The number of benzene rings is 1. The standard InChI is InChI=1S/C14H18O4/c1-18-12-7-6-10(13(15)14(16)17)8-11(12)9-4-2-3-5-9/h6-9,13,15H,2-5H2,1H3,(H,16,17). The third-order valence-corrected chi connectivity index (χ3v) is 3.60. The Morgan fingerprint density at radius 2 is 2.06 bits per heavy atom. The fraction of sp³-hybridized carbons (Fsp3) is 0.500. The van der Waals surface area contributed by atoms with Gasteiger partial charge in [0.2, 0.25) is 0 Å². The molecule has 1 aliphatic rings. The highest BCUT2D eigenvalue weighted by Gasteiger charge is 2.23. The number of carboxylic acids is 1. The van der Waals surface area contributed by atoms with Gasteiger partial charge in [0.15, 0.2) is 6.10 Å². The number of hydrogen-bond acceptors (Lipinski definition) is 3. The lowest BCUT2D eigenvalue weighted by Gasteiger charge is -2.17. The summed E-state index contributed by atoms with van der Waals surface area (Å²) in [6.07, 6.45) is 3.13. The van der Waals surface area contributed by atoms with E-state index in [1.165, 1.54) is 12.8 Å². The van der Waals surface area contributed by atoms with Crippen LogP contribution in [-0.2, 0) is 4.79 Å². The van der Waals surface area contributed by atoms with Crippen LogP contribution in [0.15, 0.2) is 18.2 Å². The minimum Gasteiger partial charge on any atom is -0.496 e. The van der Waals surface area contributed by atoms with Crippen LogP contribution < -0.4 is 4.74 Å². The molecule has 1 aromatic carbocycles. The maximum absolute atomic E-state index is 10.8. The molecule has 1 aromatic rings. The normalized spacial score (nSPS) is 17.7. The van der Waals surface area contributed by atoms with E-state index in [0.717, 1.165) is 24.2 Å². The molecule has 0 heterocycles. The van der Waals surface area contributed by atoms with Gasteiger partial charge in [-0.05, 0) is 42.0 Å². The van der Waals surface area contributed by atoms with Crippen molar-refractivity contribution >= 4 is 5.97 Å². The van der Waals surface area contributed by atoms with Gasteiger partial charge >= 0.3 is 5.97 Å². The predicted molar refractivity (Wildman–Crippen MR) is 66.8 cm³/mol. The number of aliphatic hydroxyl groups is 1. The lowest BCUT2D eigenvalue weighted by atomic mass is 9.93. The number of aliphatic carboxylic acids is 1. The summed E-state index contributed by atoms with van der Waals surface area (Å²) < 4.78 is 5.32. The van der Waals surface area contributed by atoms with Gasteiger partial charge in [0.25, 0.3) is 0 Å². The highest BCUT2D eigenvalue weighted by atomic mass is 16.5. The summed E-state index contributed by atoms with van der Waals surface area (Å²) in [6, 6.07) is 5.12. The second-order valence-electron chi connectivity index (χ2n) is 4.72. The Morgan fingerprint density at radius 1 is 1.39 bits per heavy atom. The van der Waals surface area contributed by atoms with E-state index in [0.29, 0.717) is 11.5 Å². The molecule has 1 fully saturated rings. The van der Waals surface area contributed by atoms with Crippen molar-refractivity contribution in [1.82, 2.24) is 0 Å². The lowest BCUT2D eigenvalue weighted by Crippen LogP contribution is -2.11. The topological polar surface area (TPSA) is 66.8 Å². The van der Waals surface area contributed by atoms with Crippen molar-refractivity contribution in [3.63, 3.8) is 0 Å². The van der Waals surface area contributed by atoms with E-state index in [2.05, 4.69) is 0 Å². The molecule has 0 aromatic heterocycles. The number of methoxy groups -OCH3 is 1. The van der Waals surface area contributed by atoms with Crippen LogP contribution in [0.4, 0.5) is 0 Å². The first-order valence-electron chi connectivity index (χ1n) is 6.22. The summed E-state index contributed by atoms with van der Waals surface area (Å²) in [7, 11) is 1.61. The van der Waals surface area contributed by atoms with E-state index in [1.807, 2.05) is 0 Å². The zero-order chi connectivity index (χ0) is 13.1. The molecular weight excluding hydrogens is 232 g/mol. The molecule has 2 rings (SSSR count). The molecule has 0 aliphatic heterocycles. The predicted octanol–water partition coefficient (Wildman–Crippen LogP) is 2.47. The zero-order valence-corrected chi connectivity index (χ0v) is 10.4. The van der Waals surface area contributed by atoms with Gasteiger partial charge < -0.3 is 14.9 Å². The third-order valence-electron chi connectivity index (χ3n) is 3.60. The maximum Gasteiger partial charge on any atom is 0.337 e. The molecule has 0 spiro atoms. The summed E-state index contributed by atoms with van der Waals surface area (Å²) in [6.45, 7) is 0. The van der Waals surface area contributed by atoms with Crippen molar-refractivity contribution in [1.29, 1.82) is 0 Å². The van der Waals surface area contributed by atoms with Crippen molar-refractivity contribution < 1.29 is 19.7 Å². The van der Waals surface area contributed by atoms with E-state index >= 15 is 0 Å². The molecule has 4 nitrogen and oxygen atoms in total. The van der Waals surface area contributed by atoms with Crippen LogP contribution in [0.3, 0.4) is 0 Å². The van der Waals surface area contributed by atoms with Crippen molar-refractivity contribution in [2.45, 2.75) is 37.7 Å². The molecule has 0 radical (unpaired) electrons. The molecule has 2 N–H and O–H groups in total. The number of rotatable bonds is 4. The van der Waals surface area contributed by atoms with Gasteiger partial charge in [0.1, 0.15) is 5.75 Å². The van der Waals surface area contributed by atoms with E-state index in [9.17, 15) is 9.90 Å². The van der Waals surface area contributed by atoms with E-state index in [4.69, 9.17) is 9.84 Å². The highest BCUT2D eigenvalue weighted by molar-refractivity contribution is 5.74. The first-order chi connectivity index (χ1) is 8.63. The van der Waals surface area contributed by atoms with Gasteiger partial charge in [-0.3, -0.25) is 0 Å². The Labute approximate surface area is 106 Å². The van der Waals surface area contributed by atoms with Gasteiger partial charge in [-0.1, -0.05) is 18.9 Å². The molecule has 1 atom stereocenters. The summed E-state index contributed by atoms with van der Waals surface area (Å²) in [5.74, 6) is -0.0262. The van der Waals surface area contributed by atoms with Gasteiger partial charge in [0, 0.05) is 0 Å². The molecular formula is C14H18O4. The molecule has 1 saturated carbocycles. The molecule has 4 heteroatoms. The van der Waals surface area contributed by atoms with Crippen molar-refractivity contribution in [2.75, 3.05) is 7.11 Å². The number of carbonyl (C=O) groups is 1. The molecule has 0 bridgehead atoms. The van der Waals surface area contributed by atoms with E-state index < -0.39 is 12.1 Å². The largest absolute Gasteiger partial charge is 0.496 e. The van der Waals surface area contributed by atoms with Gasteiger partial charge in [-0.25, -0.2) is 4.79 Å². The Morgan fingerprint density at radius 3 is 2.61 bits per heavy atom. The monoisotopic (exact) mass is 250 g/mol. The Bertz CT molecular complexity index is 435. The van der Waals surface area contributed by atoms with Gasteiger partial charge in [-0.15, -0.1) is 0 Å². The number of hydrogen-bond donors (Lipinski definition) is 2. The Balaban J connectivity index is 2.35. The van der Waals surface area contributed by atoms with Crippen LogP contribution in [0.25, 0.3) is 0 Å². The summed E-state index contributed by atoms with van der Waals surface area (Å²) in [5.41, 5.74) is 1.44. The number of carboxylic acid groups (broad SMARTS) is 1. The smallest absolute Gasteiger partial charge is 0.337 e. The quantitative estimate of drug-likeness (QED) is 0.861. The average molecular weight is 250 g/mol. The summed E-state index contributed by atoms with van der Waals surface area (Å²) >= 11 is 0. The molecule has 0 saturated heterocycles. The maximum atomic E-state index is 10.8. The molecule has 1 aliphatic carbocycles. The SMILES string of the molecule is COc1ccc(C(O)C(=O)O)cc1C1CCCC1. The molecule has 0 amide bonds. The number of aliphatic hydroxyl groups excluding tert-OH is 1. The Kier molecular flexibility index (Phi) is 3.87. The third kappa shape index (κ3) is 2.48. The van der Waals surface area contributed by atoms with Crippen LogP contribution >= 0.6 is 0 Å². The first-order valence-corrected chi connectivity index (χ1v) is 6.22. The van der Waals surface area contributed by atoms with Crippen LogP contribution in [0, 0.1) is 0 Å². The highest BCUT2D eigenvalue weighted by Crippen LogP contribution is 2.39. The molecule has 18 heavy (non-hydrogen) atoms. The Hall–Kier alpha value is -1.55. The van der Waals surface area contributed by atoms with Gasteiger partial charge in [0.05, 0.1) is 7.11 Å². The fourth-order valence-corrected chi connectivity index (χ4v) is 2.62. The molecule has 98 valence electrons. The minimum absolute atomic E-state index is 0.417. The second-order valence-corrected chi connectivity index (χ2v) is 4.72. The fourth-order valence-electron chi connectivity index (χ4n) is 2.62. The van der Waals surface area contributed by atoms with Crippen molar-refractivity contribution in [3.05, 3.63) is 29.3 Å².